The number of carbonyl (C=O) groups excluding carboxylic acids is 1. The highest BCUT2D eigenvalue weighted by atomic mass is 16.6. The first-order valence-electron chi connectivity index (χ1n) is 7.92. The Morgan fingerprint density at radius 2 is 2.00 bits per heavy atom. The van der Waals surface area contributed by atoms with E-state index in [-0.39, 0.29) is 23.0 Å². The number of nitrogens with zero attached hydrogens (tertiary/aromatic N) is 1. The van der Waals surface area contributed by atoms with Crippen molar-refractivity contribution in [2.75, 3.05) is 7.11 Å². The predicted octanol–water partition coefficient (Wildman–Crippen LogP) is 4.47. The van der Waals surface area contributed by atoms with E-state index in [0.29, 0.717) is 22.6 Å². The number of non-ortho nitro benzene ring substituents is 1. The summed E-state index contributed by atoms with van der Waals surface area (Å²) >= 11 is 0. The zero-order valence-corrected chi connectivity index (χ0v) is 14.3. The molecule has 0 unspecified atom stereocenters. The Bertz CT molecular complexity index is 1030. The predicted molar refractivity (Wildman–Crippen MR) is 98.8 cm³/mol. The number of phenols is 1. The number of rotatable bonds is 6. The number of benzene rings is 2. The minimum absolute atomic E-state index is 0.0301. The molecule has 7 heteroatoms. The Labute approximate surface area is 154 Å². The van der Waals surface area contributed by atoms with Crippen LogP contribution in [-0.4, -0.2) is 22.9 Å². The van der Waals surface area contributed by atoms with Crippen molar-refractivity contribution in [3.63, 3.8) is 0 Å². The van der Waals surface area contributed by atoms with E-state index < -0.39 is 4.92 Å². The Morgan fingerprint density at radius 1 is 1.19 bits per heavy atom. The highest BCUT2D eigenvalue weighted by Crippen LogP contribution is 2.28. The summed E-state index contributed by atoms with van der Waals surface area (Å²) in [6.07, 6.45) is 2.84. The molecule has 0 aliphatic rings. The van der Waals surface area contributed by atoms with Crippen molar-refractivity contribution in [1.29, 1.82) is 0 Å². The molecule has 3 aromatic rings. The van der Waals surface area contributed by atoms with Gasteiger partial charge in [-0.25, -0.2) is 0 Å². The second kappa shape index (κ2) is 7.57. The second-order valence-electron chi connectivity index (χ2n) is 5.59. The van der Waals surface area contributed by atoms with E-state index in [1.54, 1.807) is 24.3 Å². The molecular formula is C20H15NO6. The lowest BCUT2D eigenvalue weighted by Crippen LogP contribution is -1.95. The molecule has 0 aliphatic heterocycles. The van der Waals surface area contributed by atoms with Crippen LogP contribution in [0.3, 0.4) is 0 Å². The summed E-state index contributed by atoms with van der Waals surface area (Å²) in [7, 11) is 1.40. The van der Waals surface area contributed by atoms with Gasteiger partial charge in [0.15, 0.2) is 17.3 Å². The van der Waals surface area contributed by atoms with Crippen LogP contribution in [-0.2, 0) is 0 Å². The summed E-state index contributed by atoms with van der Waals surface area (Å²) in [5.41, 5.74) is 0.891. The summed E-state index contributed by atoms with van der Waals surface area (Å²) in [5, 5.41) is 20.4. The lowest BCUT2D eigenvalue weighted by Gasteiger charge is -2.04. The first-order valence-corrected chi connectivity index (χ1v) is 7.92. The maximum atomic E-state index is 12.3. The summed E-state index contributed by atoms with van der Waals surface area (Å²) in [5.74, 6) is 0.750. The summed E-state index contributed by atoms with van der Waals surface area (Å²) < 4.78 is 10.6. The number of furan rings is 1. The molecule has 0 aliphatic carbocycles. The van der Waals surface area contributed by atoms with E-state index in [4.69, 9.17) is 9.15 Å². The van der Waals surface area contributed by atoms with Gasteiger partial charge in [-0.1, -0.05) is 12.1 Å². The van der Waals surface area contributed by atoms with Gasteiger partial charge in [0.2, 0.25) is 0 Å². The number of allylic oxidation sites excluding steroid dienone is 1. The molecule has 136 valence electrons. The van der Waals surface area contributed by atoms with Crippen LogP contribution < -0.4 is 4.74 Å². The molecule has 0 bridgehead atoms. The standard InChI is InChI=1S/C20H15NO6/c1-26-20-12-13(5-8-18(20)23)17(22)9-6-16-7-10-19(27-16)14-3-2-4-15(11-14)21(24)25/h2-12,23H,1H3/b9-6+. The van der Waals surface area contributed by atoms with Crippen molar-refractivity contribution in [3.05, 3.63) is 82.1 Å². The van der Waals surface area contributed by atoms with E-state index in [1.807, 2.05) is 0 Å². The average molecular weight is 365 g/mol. The molecule has 3 rings (SSSR count). The fourth-order valence-electron chi connectivity index (χ4n) is 2.46. The van der Waals surface area contributed by atoms with Gasteiger partial charge in [0, 0.05) is 23.3 Å². The third-order valence-electron chi connectivity index (χ3n) is 3.83. The van der Waals surface area contributed by atoms with Gasteiger partial charge < -0.3 is 14.3 Å². The maximum absolute atomic E-state index is 12.3. The molecule has 0 saturated heterocycles. The van der Waals surface area contributed by atoms with Gasteiger partial charge in [0.25, 0.3) is 5.69 Å². The first-order chi connectivity index (χ1) is 13.0. The summed E-state index contributed by atoms with van der Waals surface area (Å²) in [6, 6.07) is 13.7. The molecular weight excluding hydrogens is 350 g/mol. The lowest BCUT2D eigenvalue weighted by molar-refractivity contribution is -0.384. The van der Waals surface area contributed by atoms with Crippen molar-refractivity contribution in [2.24, 2.45) is 0 Å². The number of hydrogen-bond donors (Lipinski definition) is 1. The molecule has 7 nitrogen and oxygen atoms in total. The number of aromatic hydroxyl groups is 1. The van der Waals surface area contributed by atoms with Crippen molar-refractivity contribution in [1.82, 2.24) is 0 Å². The molecule has 27 heavy (non-hydrogen) atoms. The van der Waals surface area contributed by atoms with Crippen LogP contribution in [0.2, 0.25) is 0 Å². The monoisotopic (exact) mass is 365 g/mol. The number of hydrogen-bond acceptors (Lipinski definition) is 6. The summed E-state index contributed by atoms with van der Waals surface area (Å²) in [6.45, 7) is 0. The zero-order chi connectivity index (χ0) is 19.4. The van der Waals surface area contributed by atoms with Gasteiger partial charge in [-0.3, -0.25) is 14.9 Å². The Kier molecular flexibility index (Phi) is 5.03. The molecule has 0 radical (unpaired) electrons. The number of ketones is 1. The molecule has 0 spiro atoms. The van der Waals surface area contributed by atoms with Crippen LogP contribution in [0.25, 0.3) is 17.4 Å². The van der Waals surface area contributed by atoms with E-state index in [1.165, 1.54) is 49.6 Å². The quantitative estimate of drug-likeness (QED) is 0.299. The molecule has 1 N–H and O–H groups in total. The van der Waals surface area contributed by atoms with Crippen molar-refractivity contribution in [2.45, 2.75) is 0 Å². The van der Waals surface area contributed by atoms with Gasteiger partial charge in [-0.05, 0) is 42.5 Å². The molecule has 1 heterocycles. The van der Waals surface area contributed by atoms with Gasteiger partial charge in [0.05, 0.1) is 12.0 Å². The highest BCUT2D eigenvalue weighted by molar-refractivity contribution is 6.07. The third kappa shape index (κ3) is 4.04. The number of ether oxygens (including phenoxy) is 1. The van der Waals surface area contributed by atoms with Crippen LogP contribution in [0.1, 0.15) is 16.1 Å². The van der Waals surface area contributed by atoms with E-state index in [9.17, 15) is 20.0 Å². The number of methoxy groups -OCH3 is 1. The van der Waals surface area contributed by atoms with Gasteiger partial charge in [-0.15, -0.1) is 0 Å². The third-order valence-corrected chi connectivity index (χ3v) is 3.83. The first kappa shape index (κ1) is 17.9. The van der Waals surface area contributed by atoms with Crippen molar-refractivity contribution < 1.29 is 24.0 Å². The molecule has 2 aromatic carbocycles. The largest absolute Gasteiger partial charge is 0.504 e. The van der Waals surface area contributed by atoms with Crippen molar-refractivity contribution >= 4 is 17.5 Å². The Morgan fingerprint density at radius 3 is 2.74 bits per heavy atom. The number of phenolic OH excluding ortho intramolecular Hbond substituents is 1. The fraction of sp³-hybridized carbons (Fsp3) is 0.0500. The minimum atomic E-state index is -0.474. The average Bonchev–Trinajstić information content (AvgIpc) is 3.15. The van der Waals surface area contributed by atoms with Crippen LogP contribution in [0.4, 0.5) is 5.69 Å². The van der Waals surface area contributed by atoms with E-state index in [0.717, 1.165) is 0 Å². The smallest absolute Gasteiger partial charge is 0.270 e. The maximum Gasteiger partial charge on any atom is 0.270 e. The Balaban J connectivity index is 1.78. The normalized spacial score (nSPS) is 10.9. The van der Waals surface area contributed by atoms with Crippen LogP contribution >= 0.6 is 0 Å². The Hall–Kier alpha value is -3.87. The van der Waals surface area contributed by atoms with E-state index in [2.05, 4.69) is 0 Å². The second-order valence-corrected chi connectivity index (χ2v) is 5.59. The van der Waals surface area contributed by atoms with Gasteiger partial charge in [-0.2, -0.15) is 0 Å². The fourth-order valence-corrected chi connectivity index (χ4v) is 2.46. The minimum Gasteiger partial charge on any atom is -0.504 e. The molecule has 0 saturated carbocycles. The number of carbonyl (C=O) groups is 1. The topological polar surface area (TPSA) is 103 Å². The zero-order valence-electron chi connectivity index (χ0n) is 14.3. The molecule has 0 fully saturated rings. The number of nitro benzene ring substituents is 1. The van der Waals surface area contributed by atoms with Crippen LogP contribution in [0.5, 0.6) is 11.5 Å². The highest BCUT2D eigenvalue weighted by Gasteiger charge is 2.10. The molecule has 1 aromatic heterocycles. The number of nitro groups is 1. The lowest BCUT2D eigenvalue weighted by atomic mass is 10.1. The van der Waals surface area contributed by atoms with Gasteiger partial charge >= 0.3 is 0 Å². The SMILES string of the molecule is COc1cc(C(=O)/C=C/c2ccc(-c3cccc([N+](=O)[O-])c3)o2)ccc1O. The molecule has 0 atom stereocenters. The van der Waals surface area contributed by atoms with Crippen LogP contribution in [0, 0.1) is 10.1 Å². The molecule has 0 amide bonds. The van der Waals surface area contributed by atoms with Crippen molar-refractivity contribution in [3.8, 4) is 22.8 Å². The summed E-state index contributed by atoms with van der Waals surface area (Å²) in [4.78, 5) is 22.6. The van der Waals surface area contributed by atoms with E-state index >= 15 is 0 Å². The van der Waals surface area contributed by atoms with Crippen LogP contribution in [0.15, 0.2) is 65.1 Å². The van der Waals surface area contributed by atoms with Gasteiger partial charge in [0.1, 0.15) is 11.5 Å².